The molecule has 1 amide bonds. The summed E-state index contributed by atoms with van der Waals surface area (Å²) in [6.45, 7) is 1.85. The van der Waals surface area contributed by atoms with Crippen molar-refractivity contribution in [3.05, 3.63) is 83.0 Å². The maximum atomic E-state index is 12.7. The minimum absolute atomic E-state index is 0.208. The molecule has 1 aliphatic rings. The molecule has 152 valence electrons. The zero-order chi connectivity index (χ0) is 20.9. The lowest BCUT2D eigenvalue weighted by atomic mass is 10.1. The summed E-state index contributed by atoms with van der Waals surface area (Å²) in [5, 5.41) is 11.9. The van der Waals surface area contributed by atoms with Gasteiger partial charge >= 0.3 is 0 Å². The Hall–Kier alpha value is -3.18. The number of halogens is 1. The summed E-state index contributed by atoms with van der Waals surface area (Å²) >= 11 is 6.32. The number of carbonyl (C=O) groups is 1. The van der Waals surface area contributed by atoms with Crippen LogP contribution in [0.1, 0.15) is 35.2 Å². The molecule has 1 aliphatic heterocycles. The normalized spacial score (nSPS) is 13.7. The van der Waals surface area contributed by atoms with Crippen LogP contribution in [-0.2, 0) is 0 Å². The van der Waals surface area contributed by atoms with Crippen molar-refractivity contribution in [2.75, 3.05) is 18.4 Å². The van der Waals surface area contributed by atoms with Gasteiger partial charge in [0.15, 0.2) is 0 Å². The monoisotopic (exact) mass is 418 g/mol. The molecule has 1 fully saturated rings. The van der Waals surface area contributed by atoms with Gasteiger partial charge in [-0.3, -0.25) is 15.2 Å². The third-order valence-electron chi connectivity index (χ3n) is 5.26. The molecule has 0 atom stereocenters. The average Bonchev–Trinajstić information content (AvgIpc) is 2.81. The molecule has 0 saturated carbocycles. The highest BCUT2D eigenvalue weighted by molar-refractivity contribution is 6.33. The Balaban J connectivity index is 1.47. The second kappa shape index (κ2) is 9.09. The molecule has 3 aromatic rings. The number of benzene rings is 2. The Kier molecular flexibility index (Phi) is 6.10. The van der Waals surface area contributed by atoms with E-state index in [0.717, 1.165) is 42.8 Å². The lowest BCUT2D eigenvalue weighted by molar-refractivity contribution is 0.102. The molecule has 0 aliphatic carbocycles. The van der Waals surface area contributed by atoms with Gasteiger partial charge in [-0.2, -0.15) is 0 Å². The second-order valence-corrected chi connectivity index (χ2v) is 7.74. The van der Waals surface area contributed by atoms with Crippen molar-refractivity contribution in [2.45, 2.75) is 19.3 Å². The second-order valence-electron chi connectivity index (χ2n) is 7.34. The van der Waals surface area contributed by atoms with Crippen molar-refractivity contribution >= 4 is 29.0 Å². The molecule has 5 nitrogen and oxygen atoms in total. The Morgan fingerprint density at radius 3 is 2.40 bits per heavy atom. The lowest BCUT2D eigenvalue weighted by Gasteiger charge is -2.29. The van der Waals surface area contributed by atoms with E-state index in [1.807, 2.05) is 36.4 Å². The molecule has 0 bridgehead atoms. The first-order valence-corrected chi connectivity index (χ1v) is 10.5. The number of amides is 1. The number of likely N-dealkylation sites (tertiary alicyclic amines) is 1. The smallest absolute Gasteiger partial charge is 0.255 e. The minimum atomic E-state index is -0.208. The summed E-state index contributed by atoms with van der Waals surface area (Å²) in [6.07, 6.45) is 5.20. The molecule has 4 rings (SSSR count). The Labute approximate surface area is 181 Å². The van der Waals surface area contributed by atoms with Gasteiger partial charge in [0.25, 0.3) is 5.91 Å². The van der Waals surface area contributed by atoms with Gasteiger partial charge in [0, 0.05) is 41.7 Å². The van der Waals surface area contributed by atoms with Crippen LogP contribution < -0.4 is 5.32 Å². The topological polar surface area (TPSA) is 69.1 Å². The van der Waals surface area contributed by atoms with E-state index >= 15 is 0 Å². The Morgan fingerprint density at radius 2 is 1.70 bits per heavy atom. The van der Waals surface area contributed by atoms with Crippen LogP contribution in [0.2, 0.25) is 5.02 Å². The SMILES string of the molecule is N=C(c1ccc(C(=O)Nc2ccc(Cl)c(-c3ccccn3)c2)cc1)N1CCCCC1. The number of hydrogen-bond acceptors (Lipinski definition) is 3. The summed E-state index contributed by atoms with van der Waals surface area (Å²) in [4.78, 5) is 19.1. The number of nitrogens with one attached hydrogen (secondary N) is 2. The number of piperidine rings is 1. The van der Waals surface area contributed by atoms with Crippen LogP contribution in [0.5, 0.6) is 0 Å². The summed E-state index contributed by atoms with van der Waals surface area (Å²) in [7, 11) is 0. The van der Waals surface area contributed by atoms with Gasteiger partial charge in [-0.15, -0.1) is 0 Å². The van der Waals surface area contributed by atoms with Gasteiger partial charge in [-0.1, -0.05) is 29.8 Å². The molecule has 1 aromatic heterocycles. The number of rotatable bonds is 4. The molecule has 2 heterocycles. The van der Waals surface area contributed by atoms with E-state index in [-0.39, 0.29) is 5.91 Å². The van der Waals surface area contributed by atoms with Crippen LogP contribution in [0.4, 0.5) is 5.69 Å². The molecular weight excluding hydrogens is 396 g/mol. The Bertz CT molecular complexity index is 1040. The van der Waals surface area contributed by atoms with Gasteiger partial charge in [-0.25, -0.2) is 0 Å². The molecule has 6 heteroatoms. The van der Waals surface area contributed by atoms with E-state index < -0.39 is 0 Å². The summed E-state index contributed by atoms with van der Waals surface area (Å²) in [5.74, 6) is 0.319. The van der Waals surface area contributed by atoms with Crippen LogP contribution in [0.15, 0.2) is 66.9 Å². The average molecular weight is 419 g/mol. The van der Waals surface area contributed by atoms with Crippen LogP contribution in [0, 0.1) is 5.41 Å². The van der Waals surface area contributed by atoms with E-state index in [4.69, 9.17) is 17.0 Å². The van der Waals surface area contributed by atoms with Crippen molar-refractivity contribution in [3.63, 3.8) is 0 Å². The number of aromatic nitrogens is 1. The standard InChI is InChI=1S/C24H23ClN4O/c25-21-12-11-19(16-20(21)22-6-2-3-13-27-22)28-24(30)18-9-7-17(8-10-18)23(26)29-14-4-1-5-15-29/h2-3,6-13,16,26H,1,4-5,14-15H2,(H,28,30). The molecule has 30 heavy (non-hydrogen) atoms. The van der Waals surface area contributed by atoms with Crippen molar-refractivity contribution in [1.29, 1.82) is 5.41 Å². The first-order chi connectivity index (χ1) is 14.6. The van der Waals surface area contributed by atoms with Gasteiger partial charge in [0.05, 0.1) is 10.7 Å². The van der Waals surface area contributed by atoms with Gasteiger partial charge in [-0.05, 0) is 61.7 Å². The third-order valence-corrected chi connectivity index (χ3v) is 5.59. The molecule has 0 radical (unpaired) electrons. The third kappa shape index (κ3) is 4.52. The van der Waals surface area contributed by atoms with Crippen LogP contribution in [0.25, 0.3) is 11.3 Å². The number of carbonyl (C=O) groups excluding carboxylic acids is 1. The number of hydrogen-bond donors (Lipinski definition) is 2. The molecule has 0 spiro atoms. The summed E-state index contributed by atoms with van der Waals surface area (Å²) in [5.41, 5.74) is 3.53. The fraction of sp³-hybridized carbons (Fsp3) is 0.208. The molecule has 1 saturated heterocycles. The highest BCUT2D eigenvalue weighted by Gasteiger charge is 2.16. The van der Waals surface area contributed by atoms with E-state index in [9.17, 15) is 4.79 Å². The molecule has 0 unspecified atom stereocenters. The van der Waals surface area contributed by atoms with Gasteiger partial charge < -0.3 is 10.2 Å². The van der Waals surface area contributed by atoms with E-state index in [0.29, 0.717) is 22.1 Å². The highest BCUT2D eigenvalue weighted by Crippen LogP contribution is 2.29. The van der Waals surface area contributed by atoms with Crippen LogP contribution in [-0.4, -0.2) is 34.7 Å². The lowest BCUT2D eigenvalue weighted by Crippen LogP contribution is -2.35. The highest BCUT2D eigenvalue weighted by atomic mass is 35.5. The van der Waals surface area contributed by atoms with Crippen molar-refractivity contribution in [3.8, 4) is 11.3 Å². The van der Waals surface area contributed by atoms with Crippen molar-refractivity contribution in [1.82, 2.24) is 9.88 Å². The predicted molar refractivity (Wildman–Crippen MR) is 121 cm³/mol. The quantitative estimate of drug-likeness (QED) is 0.436. The van der Waals surface area contributed by atoms with E-state index in [2.05, 4.69) is 15.2 Å². The number of anilines is 1. The van der Waals surface area contributed by atoms with Crippen molar-refractivity contribution < 1.29 is 4.79 Å². The van der Waals surface area contributed by atoms with E-state index in [1.165, 1.54) is 6.42 Å². The number of nitrogens with zero attached hydrogens (tertiary/aromatic N) is 2. The fourth-order valence-corrected chi connectivity index (χ4v) is 3.82. The fourth-order valence-electron chi connectivity index (χ4n) is 3.60. The van der Waals surface area contributed by atoms with Crippen LogP contribution in [0.3, 0.4) is 0 Å². The number of pyridine rings is 1. The maximum Gasteiger partial charge on any atom is 0.255 e. The zero-order valence-corrected chi connectivity index (χ0v) is 17.3. The summed E-state index contributed by atoms with van der Waals surface area (Å²) < 4.78 is 0. The first kappa shape index (κ1) is 20.1. The maximum absolute atomic E-state index is 12.7. The van der Waals surface area contributed by atoms with Gasteiger partial charge in [0.1, 0.15) is 5.84 Å². The zero-order valence-electron chi connectivity index (χ0n) is 16.6. The first-order valence-electron chi connectivity index (χ1n) is 10.1. The molecule has 2 aromatic carbocycles. The number of amidine groups is 1. The van der Waals surface area contributed by atoms with Crippen molar-refractivity contribution in [2.24, 2.45) is 0 Å². The Morgan fingerprint density at radius 1 is 0.967 bits per heavy atom. The van der Waals surface area contributed by atoms with Gasteiger partial charge in [0.2, 0.25) is 0 Å². The van der Waals surface area contributed by atoms with Crippen LogP contribution >= 0.6 is 11.6 Å². The summed E-state index contributed by atoms with van der Waals surface area (Å²) in [6, 6.07) is 18.2. The molecule has 2 N–H and O–H groups in total. The predicted octanol–water partition coefficient (Wildman–Crippen LogP) is 5.47. The largest absolute Gasteiger partial charge is 0.357 e. The van der Waals surface area contributed by atoms with E-state index in [1.54, 1.807) is 30.5 Å². The minimum Gasteiger partial charge on any atom is -0.357 e. The molecular formula is C24H23ClN4O.